The van der Waals surface area contributed by atoms with E-state index in [0.29, 0.717) is 11.4 Å². The van der Waals surface area contributed by atoms with Crippen molar-refractivity contribution in [3.63, 3.8) is 0 Å². The molecule has 0 bridgehead atoms. The smallest absolute Gasteiger partial charge is 0.268 e. The molecule has 0 aliphatic heterocycles. The predicted molar refractivity (Wildman–Crippen MR) is 79.3 cm³/mol. The van der Waals surface area contributed by atoms with Gasteiger partial charge in [-0.05, 0) is 18.1 Å². The summed E-state index contributed by atoms with van der Waals surface area (Å²) in [6, 6.07) is 10.7. The lowest BCUT2D eigenvalue weighted by atomic mass is 10.1. The van der Waals surface area contributed by atoms with Crippen molar-refractivity contribution in [2.45, 2.75) is 12.5 Å². The normalized spacial score (nSPS) is 12.2. The van der Waals surface area contributed by atoms with Gasteiger partial charge in [-0.3, -0.25) is 4.79 Å². The van der Waals surface area contributed by atoms with E-state index in [4.69, 9.17) is 23.2 Å². The van der Waals surface area contributed by atoms with E-state index in [1.165, 1.54) is 6.07 Å². The molecule has 1 aromatic carbocycles. The van der Waals surface area contributed by atoms with E-state index < -0.39 is 0 Å². The number of benzene rings is 1. The molecule has 4 nitrogen and oxygen atoms in total. The second-order valence-electron chi connectivity index (χ2n) is 4.39. The number of halogens is 2. The largest absolute Gasteiger partial charge is 0.394 e. The second kappa shape index (κ2) is 6.79. The topological polar surface area (TPSA) is 65.1 Å². The molecule has 20 heavy (non-hydrogen) atoms. The minimum Gasteiger partial charge on any atom is -0.394 e. The first-order chi connectivity index (χ1) is 9.60. The van der Waals surface area contributed by atoms with Crippen molar-refractivity contribution in [2.75, 3.05) is 6.61 Å². The van der Waals surface area contributed by atoms with Gasteiger partial charge in [-0.1, -0.05) is 53.5 Å². The van der Waals surface area contributed by atoms with Crippen LogP contribution in [0.5, 0.6) is 0 Å². The van der Waals surface area contributed by atoms with Crippen LogP contribution in [0.25, 0.3) is 0 Å². The molecule has 0 saturated heterocycles. The number of aliphatic hydroxyl groups is 1. The molecule has 1 heterocycles. The number of hydrogen-bond donors (Lipinski definition) is 3. The lowest BCUT2D eigenvalue weighted by molar-refractivity contribution is 0.0912. The maximum absolute atomic E-state index is 12.0. The molecule has 0 aliphatic rings. The van der Waals surface area contributed by atoms with Gasteiger partial charge < -0.3 is 15.4 Å². The molecule has 2 aromatic rings. The Hall–Kier alpha value is -1.49. The molecule has 2 rings (SSSR count). The number of nitrogens with one attached hydrogen (secondary N) is 2. The number of rotatable bonds is 5. The molecule has 0 radical (unpaired) electrons. The number of amides is 1. The van der Waals surface area contributed by atoms with Crippen LogP contribution in [-0.2, 0) is 6.42 Å². The van der Waals surface area contributed by atoms with Crippen molar-refractivity contribution < 1.29 is 9.90 Å². The van der Waals surface area contributed by atoms with Gasteiger partial charge in [0.15, 0.2) is 0 Å². The van der Waals surface area contributed by atoms with Crippen LogP contribution in [0.4, 0.5) is 0 Å². The summed E-state index contributed by atoms with van der Waals surface area (Å²) in [4.78, 5) is 14.7. The monoisotopic (exact) mass is 312 g/mol. The first-order valence-corrected chi connectivity index (χ1v) is 6.85. The molecule has 3 N–H and O–H groups in total. The quantitative estimate of drug-likeness (QED) is 0.794. The van der Waals surface area contributed by atoms with Gasteiger partial charge in [0.1, 0.15) is 10.8 Å². The fourth-order valence-corrected chi connectivity index (χ4v) is 2.16. The lowest BCUT2D eigenvalue weighted by Crippen LogP contribution is -2.39. The molecule has 106 valence electrons. The highest BCUT2D eigenvalue weighted by Gasteiger charge is 2.16. The van der Waals surface area contributed by atoms with Crippen molar-refractivity contribution >= 4 is 29.1 Å². The maximum atomic E-state index is 12.0. The summed E-state index contributed by atoms with van der Waals surface area (Å²) in [7, 11) is 0. The molecule has 0 spiro atoms. The fourth-order valence-electron chi connectivity index (χ4n) is 1.85. The van der Waals surface area contributed by atoms with Crippen molar-refractivity contribution in [2.24, 2.45) is 0 Å². The maximum Gasteiger partial charge on any atom is 0.268 e. The highest BCUT2D eigenvalue weighted by molar-refractivity contribution is 6.41. The Kier molecular flexibility index (Phi) is 5.06. The van der Waals surface area contributed by atoms with Crippen molar-refractivity contribution in [3.05, 3.63) is 57.8 Å². The molecule has 0 fully saturated rings. The zero-order valence-corrected chi connectivity index (χ0v) is 12.1. The summed E-state index contributed by atoms with van der Waals surface area (Å²) >= 11 is 11.5. The molecule has 1 amide bonds. The van der Waals surface area contributed by atoms with Gasteiger partial charge in [-0.2, -0.15) is 0 Å². The Labute approximate surface area is 126 Å². The van der Waals surface area contributed by atoms with Crippen LogP contribution in [0.2, 0.25) is 10.2 Å². The first kappa shape index (κ1) is 14.9. The van der Waals surface area contributed by atoms with Gasteiger partial charge in [-0.25, -0.2) is 0 Å². The number of carbonyl (C=O) groups is 1. The van der Waals surface area contributed by atoms with E-state index in [1.807, 2.05) is 30.3 Å². The van der Waals surface area contributed by atoms with E-state index in [1.54, 1.807) is 0 Å². The van der Waals surface area contributed by atoms with Gasteiger partial charge in [0.05, 0.1) is 17.7 Å². The third kappa shape index (κ3) is 3.76. The molecule has 1 unspecified atom stereocenters. The Morgan fingerprint density at radius 2 is 2.00 bits per heavy atom. The number of H-pyrrole nitrogens is 1. The van der Waals surface area contributed by atoms with Gasteiger partial charge in [0, 0.05) is 0 Å². The van der Waals surface area contributed by atoms with E-state index in [9.17, 15) is 9.90 Å². The van der Waals surface area contributed by atoms with Crippen LogP contribution in [0, 0.1) is 0 Å². The number of aromatic nitrogens is 1. The van der Waals surface area contributed by atoms with E-state index in [2.05, 4.69) is 10.3 Å². The van der Waals surface area contributed by atoms with Crippen LogP contribution in [0.15, 0.2) is 36.4 Å². The number of carbonyl (C=O) groups excluding carboxylic acids is 1. The average Bonchev–Trinajstić information content (AvgIpc) is 2.79. The highest BCUT2D eigenvalue weighted by Crippen LogP contribution is 2.21. The Morgan fingerprint density at radius 1 is 1.30 bits per heavy atom. The first-order valence-electron chi connectivity index (χ1n) is 6.10. The summed E-state index contributed by atoms with van der Waals surface area (Å²) in [6.45, 7) is -0.150. The zero-order chi connectivity index (χ0) is 14.5. The van der Waals surface area contributed by atoms with Gasteiger partial charge in [0.2, 0.25) is 0 Å². The second-order valence-corrected chi connectivity index (χ2v) is 5.17. The van der Waals surface area contributed by atoms with Crippen LogP contribution in [0.3, 0.4) is 0 Å². The SMILES string of the molecule is O=C(NC(CO)Cc1ccccc1)c1cc(Cl)c(Cl)[nH]1. The lowest BCUT2D eigenvalue weighted by Gasteiger charge is -2.15. The Bertz CT molecular complexity index is 565. The van der Waals surface area contributed by atoms with Crippen LogP contribution in [-0.4, -0.2) is 28.6 Å². The number of aromatic amines is 1. The molecule has 0 aliphatic carbocycles. The Balaban J connectivity index is 2.01. The molecule has 1 aromatic heterocycles. The summed E-state index contributed by atoms with van der Waals surface area (Å²) in [5, 5.41) is 12.6. The molecular formula is C14H14Cl2N2O2. The summed E-state index contributed by atoms with van der Waals surface area (Å²) in [6.07, 6.45) is 0.547. The third-order valence-corrected chi connectivity index (χ3v) is 3.54. The van der Waals surface area contributed by atoms with Crippen molar-refractivity contribution in [1.29, 1.82) is 0 Å². The van der Waals surface area contributed by atoms with Gasteiger partial charge in [-0.15, -0.1) is 0 Å². The number of hydrogen-bond acceptors (Lipinski definition) is 2. The third-order valence-electron chi connectivity index (χ3n) is 2.85. The van der Waals surface area contributed by atoms with Gasteiger partial charge >= 0.3 is 0 Å². The van der Waals surface area contributed by atoms with E-state index in [-0.39, 0.29) is 29.4 Å². The van der Waals surface area contributed by atoms with Crippen molar-refractivity contribution in [3.8, 4) is 0 Å². The molecule has 0 saturated carbocycles. The van der Waals surface area contributed by atoms with Gasteiger partial charge in [0.25, 0.3) is 5.91 Å². The van der Waals surface area contributed by atoms with Crippen LogP contribution >= 0.6 is 23.2 Å². The summed E-state index contributed by atoms with van der Waals surface area (Å²) in [5.74, 6) is -0.353. The minimum absolute atomic E-state index is 0.150. The number of aliphatic hydroxyl groups excluding tert-OH is 1. The standard InChI is InChI=1S/C14H14Cl2N2O2/c15-11-7-12(18-13(11)16)14(20)17-10(8-19)6-9-4-2-1-3-5-9/h1-5,7,10,18-19H,6,8H2,(H,17,20). The average molecular weight is 313 g/mol. The van der Waals surface area contributed by atoms with Crippen molar-refractivity contribution in [1.82, 2.24) is 10.3 Å². The molecular weight excluding hydrogens is 299 g/mol. The van der Waals surface area contributed by atoms with Crippen LogP contribution < -0.4 is 5.32 Å². The molecule has 6 heteroatoms. The fraction of sp³-hybridized carbons (Fsp3) is 0.214. The van der Waals surface area contributed by atoms with E-state index >= 15 is 0 Å². The van der Waals surface area contributed by atoms with E-state index in [0.717, 1.165) is 5.56 Å². The summed E-state index contributed by atoms with van der Waals surface area (Å²) < 4.78 is 0. The molecule has 1 atom stereocenters. The highest BCUT2D eigenvalue weighted by atomic mass is 35.5. The predicted octanol–water partition coefficient (Wildman–Crippen LogP) is 2.65. The van der Waals surface area contributed by atoms with Crippen LogP contribution in [0.1, 0.15) is 16.1 Å². The summed E-state index contributed by atoms with van der Waals surface area (Å²) in [5.41, 5.74) is 1.31. The zero-order valence-electron chi connectivity index (χ0n) is 10.6. The minimum atomic E-state index is -0.370. The Morgan fingerprint density at radius 3 is 2.55 bits per heavy atom.